The minimum absolute atomic E-state index is 0.745. The molecule has 2 heteroatoms. The molecule has 1 atom stereocenters. The summed E-state index contributed by atoms with van der Waals surface area (Å²) in [5.74, 6) is 1.96. The molecule has 0 bridgehead atoms. The smallest absolute Gasteiger partial charge is 0.00749 e. The fourth-order valence-electron chi connectivity index (χ4n) is 2.46. The van der Waals surface area contributed by atoms with E-state index in [9.17, 15) is 0 Å². The average Bonchev–Trinajstić information content (AvgIpc) is 2.84. The number of nitrogens with one attached hydrogen (secondary N) is 1. The lowest BCUT2D eigenvalue weighted by molar-refractivity contribution is 0.557. The van der Waals surface area contributed by atoms with Crippen molar-refractivity contribution in [3.05, 3.63) is 29.3 Å². The number of fused-ring (bicyclic) bond motifs is 1. The first-order valence-electron chi connectivity index (χ1n) is 7.25. The Hall–Kier alpha value is -0.470. The second kappa shape index (κ2) is 7.20. The van der Waals surface area contributed by atoms with E-state index >= 15 is 0 Å². The third-order valence-electron chi connectivity index (χ3n) is 3.52. The summed E-state index contributed by atoms with van der Waals surface area (Å²) in [4.78, 5) is 1.46. The van der Waals surface area contributed by atoms with Crippen molar-refractivity contribution in [1.29, 1.82) is 0 Å². The topological polar surface area (TPSA) is 12.0 Å². The highest BCUT2D eigenvalue weighted by molar-refractivity contribution is 7.99. The predicted molar refractivity (Wildman–Crippen MR) is 81.5 cm³/mol. The van der Waals surface area contributed by atoms with Gasteiger partial charge >= 0.3 is 0 Å². The van der Waals surface area contributed by atoms with Gasteiger partial charge in [-0.25, -0.2) is 0 Å². The number of hydrogen-bond donors (Lipinski definition) is 1. The van der Waals surface area contributed by atoms with E-state index in [0.717, 1.165) is 19.0 Å². The second-order valence-corrected chi connectivity index (χ2v) is 6.50. The summed E-state index contributed by atoms with van der Waals surface area (Å²) in [6.45, 7) is 6.85. The Kier molecular flexibility index (Phi) is 5.58. The molecule has 2 rings (SSSR count). The summed E-state index contributed by atoms with van der Waals surface area (Å²) < 4.78 is 0. The lowest BCUT2D eigenvalue weighted by Gasteiger charge is -2.12. The Labute approximate surface area is 116 Å². The number of hydrogen-bond acceptors (Lipinski definition) is 2. The van der Waals surface area contributed by atoms with Crippen molar-refractivity contribution in [3.8, 4) is 0 Å². The van der Waals surface area contributed by atoms with E-state index in [4.69, 9.17) is 0 Å². The Morgan fingerprint density at radius 3 is 2.94 bits per heavy atom. The standard InChI is InChI=1S/C16H25NS/c1-3-9-17-11-13(2)12-18-16-8-7-14-5-4-6-15(14)10-16/h7-8,10,13,17H,3-6,9,11-12H2,1-2H3. The monoisotopic (exact) mass is 263 g/mol. The van der Waals surface area contributed by atoms with E-state index in [-0.39, 0.29) is 0 Å². The van der Waals surface area contributed by atoms with Crippen LogP contribution < -0.4 is 5.32 Å². The molecule has 1 aliphatic rings. The SMILES string of the molecule is CCCNCC(C)CSc1ccc2c(c1)CCC2. The van der Waals surface area contributed by atoms with Gasteiger partial charge in [-0.05, 0) is 68.0 Å². The quantitative estimate of drug-likeness (QED) is 0.591. The van der Waals surface area contributed by atoms with Crippen LogP contribution in [0.15, 0.2) is 23.1 Å². The zero-order chi connectivity index (χ0) is 12.8. The van der Waals surface area contributed by atoms with Crippen molar-refractivity contribution in [3.63, 3.8) is 0 Å². The molecule has 0 aliphatic heterocycles. The van der Waals surface area contributed by atoms with Gasteiger partial charge in [-0.1, -0.05) is 19.9 Å². The van der Waals surface area contributed by atoms with Gasteiger partial charge in [0.05, 0.1) is 0 Å². The highest BCUT2D eigenvalue weighted by atomic mass is 32.2. The molecule has 0 saturated heterocycles. The predicted octanol–water partition coefficient (Wildman–Crippen LogP) is 3.90. The number of thioether (sulfide) groups is 1. The van der Waals surface area contributed by atoms with E-state index < -0.39 is 0 Å². The third-order valence-corrected chi connectivity index (χ3v) is 4.85. The molecule has 1 aliphatic carbocycles. The van der Waals surface area contributed by atoms with Gasteiger partial charge in [0.15, 0.2) is 0 Å². The summed E-state index contributed by atoms with van der Waals surface area (Å²) in [6, 6.07) is 7.06. The molecule has 0 heterocycles. The van der Waals surface area contributed by atoms with E-state index in [1.165, 1.54) is 36.3 Å². The Bertz CT molecular complexity index is 375. The van der Waals surface area contributed by atoms with Crippen LogP contribution in [-0.4, -0.2) is 18.8 Å². The maximum Gasteiger partial charge on any atom is 0.00749 e. The number of benzene rings is 1. The normalized spacial score (nSPS) is 15.7. The first kappa shape index (κ1) is 14.0. The van der Waals surface area contributed by atoms with Gasteiger partial charge in [0.1, 0.15) is 0 Å². The molecule has 18 heavy (non-hydrogen) atoms. The van der Waals surface area contributed by atoms with Crippen LogP contribution in [0.25, 0.3) is 0 Å². The van der Waals surface area contributed by atoms with Crippen LogP contribution in [0.2, 0.25) is 0 Å². The van der Waals surface area contributed by atoms with Gasteiger partial charge in [-0.2, -0.15) is 0 Å². The third kappa shape index (κ3) is 4.03. The van der Waals surface area contributed by atoms with Crippen molar-refractivity contribution in [2.75, 3.05) is 18.8 Å². The molecule has 1 aromatic rings. The molecular formula is C16H25NS. The zero-order valence-corrected chi connectivity index (χ0v) is 12.5. The Morgan fingerprint density at radius 2 is 2.11 bits per heavy atom. The molecule has 0 aromatic heterocycles. The summed E-state index contributed by atoms with van der Waals surface area (Å²) in [6.07, 6.45) is 5.15. The fourth-order valence-corrected chi connectivity index (χ4v) is 3.45. The van der Waals surface area contributed by atoms with Crippen molar-refractivity contribution >= 4 is 11.8 Å². The Balaban J connectivity index is 1.76. The second-order valence-electron chi connectivity index (χ2n) is 5.40. The highest BCUT2D eigenvalue weighted by Gasteiger charge is 2.11. The van der Waals surface area contributed by atoms with Gasteiger partial charge in [-0.3, -0.25) is 0 Å². The van der Waals surface area contributed by atoms with Gasteiger partial charge in [-0.15, -0.1) is 11.8 Å². The fraction of sp³-hybridized carbons (Fsp3) is 0.625. The van der Waals surface area contributed by atoms with E-state index in [0.29, 0.717) is 0 Å². The van der Waals surface area contributed by atoms with Crippen molar-refractivity contribution in [2.45, 2.75) is 44.4 Å². The van der Waals surface area contributed by atoms with Crippen LogP contribution in [0.5, 0.6) is 0 Å². The van der Waals surface area contributed by atoms with E-state index in [1.807, 2.05) is 11.8 Å². The summed E-state index contributed by atoms with van der Waals surface area (Å²) in [5.41, 5.74) is 3.17. The van der Waals surface area contributed by atoms with Crippen molar-refractivity contribution in [2.24, 2.45) is 5.92 Å². The largest absolute Gasteiger partial charge is 0.316 e. The summed E-state index contributed by atoms with van der Waals surface area (Å²) in [7, 11) is 0. The lowest BCUT2D eigenvalue weighted by Crippen LogP contribution is -2.23. The van der Waals surface area contributed by atoms with Crippen molar-refractivity contribution in [1.82, 2.24) is 5.32 Å². The first-order valence-corrected chi connectivity index (χ1v) is 8.23. The summed E-state index contributed by atoms with van der Waals surface area (Å²) in [5, 5.41) is 3.50. The zero-order valence-electron chi connectivity index (χ0n) is 11.7. The van der Waals surface area contributed by atoms with Gasteiger partial charge in [0.2, 0.25) is 0 Å². The average molecular weight is 263 g/mol. The van der Waals surface area contributed by atoms with Gasteiger partial charge in [0, 0.05) is 10.6 Å². The van der Waals surface area contributed by atoms with Crippen LogP contribution in [0.1, 0.15) is 37.8 Å². The van der Waals surface area contributed by atoms with Gasteiger partial charge < -0.3 is 5.32 Å². The molecule has 1 aromatic carbocycles. The van der Waals surface area contributed by atoms with Crippen LogP contribution in [-0.2, 0) is 12.8 Å². The lowest BCUT2D eigenvalue weighted by atomic mass is 10.1. The number of rotatable bonds is 7. The van der Waals surface area contributed by atoms with Crippen LogP contribution in [0.3, 0.4) is 0 Å². The minimum Gasteiger partial charge on any atom is -0.316 e. The first-order chi connectivity index (χ1) is 8.79. The van der Waals surface area contributed by atoms with E-state index in [1.54, 1.807) is 11.1 Å². The molecule has 1 unspecified atom stereocenters. The summed E-state index contributed by atoms with van der Waals surface area (Å²) >= 11 is 2.01. The molecule has 0 fully saturated rings. The van der Waals surface area contributed by atoms with Crippen molar-refractivity contribution < 1.29 is 0 Å². The molecule has 0 saturated carbocycles. The molecule has 0 spiro atoms. The molecule has 100 valence electrons. The molecular weight excluding hydrogens is 238 g/mol. The molecule has 0 amide bonds. The Morgan fingerprint density at radius 1 is 1.28 bits per heavy atom. The van der Waals surface area contributed by atoms with Gasteiger partial charge in [0.25, 0.3) is 0 Å². The molecule has 0 radical (unpaired) electrons. The highest BCUT2D eigenvalue weighted by Crippen LogP contribution is 2.28. The molecule has 1 N–H and O–H groups in total. The minimum atomic E-state index is 0.745. The molecule has 1 nitrogen and oxygen atoms in total. The van der Waals surface area contributed by atoms with Crippen LogP contribution in [0, 0.1) is 5.92 Å². The van der Waals surface area contributed by atoms with Crippen LogP contribution in [0.4, 0.5) is 0 Å². The van der Waals surface area contributed by atoms with E-state index in [2.05, 4.69) is 37.4 Å². The maximum atomic E-state index is 3.50. The maximum absolute atomic E-state index is 3.50. The van der Waals surface area contributed by atoms with Crippen LogP contribution >= 0.6 is 11.8 Å². The number of aryl methyl sites for hydroxylation is 2.